The lowest BCUT2D eigenvalue weighted by molar-refractivity contribution is 0.172. The van der Waals surface area contributed by atoms with Crippen LogP contribution in [0, 0.1) is 23.7 Å². The van der Waals surface area contributed by atoms with Crippen molar-refractivity contribution in [2.45, 2.75) is 19.4 Å². The summed E-state index contributed by atoms with van der Waals surface area (Å²) in [5, 5.41) is 0. The molecule has 0 N–H and O–H groups in total. The quantitative estimate of drug-likeness (QED) is 0.545. The molecule has 3 nitrogen and oxygen atoms in total. The van der Waals surface area contributed by atoms with Crippen LogP contribution in [-0.2, 0) is 14.3 Å². The molecular formula is C12H16O3S. The molecule has 3 aliphatic carbocycles. The van der Waals surface area contributed by atoms with Crippen LogP contribution in [0.1, 0.15) is 13.3 Å². The number of hydrogen-bond acceptors (Lipinski definition) is 3. The molecule has 4 heteroatoms. The molecule has 0 aromatic rings. The fourth-order valence-corrected chi connectivity index (χ4v) is 4.37. The first-order valence-corrected chi connectivity index (χ1v) is 7.52. The van der Waals surface area contributed by atoms with Crippen molar-refractivity contribution in [3.05, 3.63) is 23.8 Å². The first-order valence-electron chi connectivity index (χ1n) is 5.70. The molecule has 0 radical (unpaired) electrons. The molecule has 1 fully saturated rings. The van der Waals surface area contributed by atoms with E-state index < -0.39 is 10.1 Å². The maximum Gasteiger partial charge on any atom is 0.264 e. The molecule has 0 aromatic heterocycles. The van der Waals surface area contributed by atoms with Gasteiger partial charge in [0, 0.05) is 5.92 Å². The number of hydrogen-bond donors (Lipinski definition) is 0. The van der Waals surface area contributed by atoms with E-state index in [2.05, 4.69) is 25.2 Å². The van der Waals surface area contributed by atoms with E-state index in [0.29, 0.717) is 23.7 Å². The Kier molecular flexibility index (Phi) is 2.11. The molecule has 3 rings (SSSR count). The first-order chi connectivity index (χ1) is 7.46. The SMILES string of the molecule is CC1=C[C@H]2C=C[C@@H]3C[C@@H](OS(C)(=O)=O)[C@H]1[C@H]23. The molecule has 0 saturated heterocycles. The van der Waals surface area contributed by atoms with Gasteiger partial charge in [-0.2, -0.15) is 8.42 Å². The van der Waals surface area contributed by atoms with Gasteiger partial charge in [0.15, 0.2) is 0 Å². The summed E-state index contributed by atoms with van der Waals surface area (Å²) in [6, 6.07) is 0. The lowest BCUT2D eigenvalue weighted by Gasteiger charge is -2.20. The van der Waals surface area contributed by atoms with E-state index in [0.717, 1.165) is 12.7 Å². The molecule has 0 amide bonds. The molecule has 0 aromatic carbocycles. The van der Waals surface area contributed by atoms with Crippen LogP contribution in [0.2, 0.25) is 0 Å². The van der Waals surface area contributed by atoms with Gasteiger partial charge >= 0.3 is 0 Å². The van der Waals surface area contributed by atoms with Crippen molar-refractivity contribution >= 4 is 10.1 Å². The molecule has 16 heavy (non-hydrogen) atoms. The van der Waals surface area contributed by atoms with E-state index in [9.17, 15) is 8.42 Å². The zero-order chi connectivity index (χ0) is 11.5. The molecule has 0 aliphatic heterocycles. The Morgan fingerprint density at radius 3 is 2.81 bits per heavy atom. The summed E-state index contributed by atoms with van der Waals surface area (Å²) in [7, 11) is -3.34. The Morgan fingerprint density at radius 1 is 1.38 bits per heavy atom. The predicted octanol–water partition coefficient (Wildman–Crippen LogP) is 1.73. The zero-order valence-corrected chi connectivity index (χ0v) is 10.3. The van der Waals surface area contributed by atoms with Crippen molar-refractivity contribution in [3.8, 4) is 0 Å². The summed E-state index contributed by atoms with van der Waals surface area (Å²) in [6.45, 7) is 2.10. The third kappa shape index (κ3) is 1.47. The highest BCUT2D eigenvalue weighted by molar-refractivity contribution is 7.86. The highest BCUT2D eigenvalue weighted by Gasteiger charge is 2.52. The third-order valence-corrected chi connectivity index (χ3v) is 4.72. The lowest BCUT2D eigenvalue weighted by Crippen LogP contribution is -2.24. The Balaban J connectivity index is 1.90. The topological polar surface area (TPSA) is 43.4 Å². The largest absolute Gasteiger partial charge is 0.266 e. The summed E-state index contributed by atoms with van der Waals surface area (Å²) in [5.41, 5.74) is 1.30. The highest BCUT2D eigenvalue weighted by Crippen LogP contribution is 2.55. The standard InChI is InChI=1S/C12H16O3S/c1-7-5-8-3-4-9-6-10(11(7)12(8)9)15-16(2,13)14/h3-5,8-12H,6H2,1-2H3/t8-,9-,10-,11+,12-/m1/s1. The maximum atomic E-state index is 11.2. The minimum Gasteiger partial charge on any atom is -0.266 e. The number of rotatable bonds is 2. The van der Waals surface area contributed by atoms with Crippen LogP contribution in [-0.4, -0.2) is 20.8 Å². The average molecular weight is 240 g/mol. The smallest absolute Gasteiger partial charge is 0.264 e. The second-order valence-corrected chi connectivity index (χ2v) is 6.82. The van der Waals surface area contributed by atoms with Crippen LogP contribution in [0.25, 0.3) is 0 Å². The minimum atomic E-state index is -3.34. The zero-order valence-electron chi connectivity index (χ0n) is 9.46. The summed E-state index contributed by atoms with van der Waals surface area (Å²) in [6.07, 6.45) is 8.61. The molecule has 88 valence electrons. The summed E-state index contributed by atoms with van der Waals surface area (Å²) in [4.78, 5) is 0. The number of allylic oxidation sites excluding steroid dienone is 3. The van der Waals surface area contributed by atoms with Crippen LogP contribution in [0.4, 0.5) is 0 Å². The van der Waals surface area contributed by atoms with E-state index in [4.69, 9.17) is 4.18 Å². The van der Waals surface area contributed by atoms with Crippen molar-refractivity contribution in [1.29, 1.82) is 0 Å². The van der Waals surface area contributed by atoms with Crippen LogP contribution < -0.4 is 0 Å². The van der Waals surface area contributed by atoms with Gasteiger partial charge in [-0.1, -0.05) is 23.8 Å². The van der Waals surface area contributed by atoms with Crippen molar-refractivity contribution in [3.63, 3.8) is 0 Å². The summed E-state index contributed by atoms with van der Waals surface area (Å²) < 4.78 is 27.7. The van der Waals surface area contributed by atoms with Crippen LogP contribution in [0.5, 0.6) is 0 Å². The molecule has 0 spiro atoms. The third-order valence-electron chi connectivity index (χ3n) is 4.12. The van der Waals surface area contributed by atoms with Crippen molar-refractivity contribution in [2.75, 3.05) is 6.26 Å². The minimum absolute atomic E-state index is 0.142. The summed E-state index contributed by atoms with van der Waals surface area (Å²) in [5.74, 6) is 1.89. The van der Waals surface area contributed by atoms with E-state index in [1.165, 1.54) is 5.57 Å². The second kappa shape index (κ2) is 3.20. The fourth-order valence-electron chi connectivity index (χ4n) is 3.72. The average Bonchev–Trinajstić information content (AvgIpc) is 2.70. The summed E-state index contributed by atoms with van der Waals surface area (Å²) >= 11 is 0. The Morgan fingerprint density at radius 2 is 2.12 bits per heavy atom. The van der Waals surface area contributed by atoms with E-state index in [1.54, 1.807) is 0 Å². The Labute approximate surface area is 96.3 Å². The molecule has 3 aliphatic rings. The monoisotopic (exact) mass is 240 g/mol. The van der Waals surface area contributed by atoms with Crippen molar-refractivity contribution in [2.24, 2.45) is 23.7 Å². The highest BCUT2D eigenvalue weighted by atomic mass is 32.2. The van der Waals surface area contributed by atoms with E-state index in [-0.39, 0.29) is 6.10 Å². The van der Waals surface area contributed by atoms with Gasteiger partial charge in [-0.3, -0.25) is 4.18 Å². The molecule has 0 bridgehead atoms. The Bertz CT molecular complexity index is 474. The first kappa shape index (κ1) is 10.5. The normalized spacial score (nSPS) is 44.9. The van der Waals surface area contributed by atoms with Crippen LogP contribution in [0.3, 0.4) is 0 Å². The Hall–Kier alpha value is -0.610. The van der Waals surface area contributed by atoms with Gasteiger partial charge in [-0.05, 0) is 31.1 Å². The lowest BCUT2D eigenvalue weighted by atomic mass is 9.88. The maximum absolute atomic E-state index is 11.2. The van der Waals surface area contributed by atoms with Gasteiger partial charge in [0.05, 0.1) is 12.4 Å². The van der Waals surface area contributed by atoms with Gasteiger partial charge in [0.25, 0.3) is 10.1 Å². The van der Waals surface area contributed by atoms with Crippen molar-refractivity contribution < 1.29 is 12.6 Å². The fraction of sp³-hybridized carbons (Fsp3) is 0.667. The van der Waals surface area contributed by atoms with Gasteiger partial charge in [0.1, 0.15) is 0 Å². The van der Waals surface area contributed by atoms with Gasteiger partial charge < -0.3 is 0 Å². The van der Waals surface area contributed by atoms with Crippen LogP contribution in [0.15, 0.2) is 23.8 Å². The van der Waals surface area contributed by atoms with Crippen LogP contribution >= 0.6 is 0 Å². The molecule has 0 heterocycles. The van der Waals surface area contributed by atoms with Gasteiger partial charge in [0.2, 0.25) is 0 Å². The van der Waals surface area contributed by atoms with Gasteiger partial charge in [-0.15, -0.1) is 0 Å². The van der Waals surface area contributed by atoms with E-state index in [1.807, 2.05) is 0 Å². The molecule has 5 atom stereocenters. The molecular weight excluding hydrogens is 224 g/mol. The second-order valence-electron chi connectivity index (χ2n) is 5.21. The van der Waals surface area contributed by atoms with E-state index >= 15 is 0 Å². The van der Waals surface area contributed by atoms with Crippen molar-refractivity contribution in [1.82, 2.24) is 0 Å². The van der Waals surface area contributed by atoms with Gasteiger partial charge in [-0.25, -0.2) is 0 Å². The predicted molar refractivity (Wildman–Crippen MR) is 61.2 cm³/mol. The molecule has 0 unspecified atom stereocenters. The molecule has 1 saturated carbocycles.